The number of primary amides is 1. The first-order valence-corrected chi connectivity index (χ1v) is 5.72. The predicted molar refractivity (Wildman–Crippen MR) is 70.5 cm³/mol. The maximum absolute atomic E-state index is 11.2. The van der Waals surface area contributed by atoms with Gasteiger partial charge in [0, 0.05) is 22.8 Å². The van der Waals surface area contributed by atoms with Crippen molar-refractivity contribution in [3.05, 3.63) is 42.5 Å². The highest BCUT2D eigenvalue weighted by Gasteiger charge is 2.09. The van der Waals surface area contributed by atoms with Gasteiger partial charge >= 0.3 is 6.03 Å². The van der Waals surface area contributed by atoms with Crippen LogP contribution in [0.3, 0.4) is 0 Å². The normalized spacial score (nSPS) is 10.8. The molecule has 1 amide bonds. The largest absolute Gasteiger partial charge is 0.350 e. The Morgan fingerprint density at radius 1 is 1.21 bits per heavy atom. The van der Waals surface area contributed by atoms with Crippen molar-refractivity contribution in [1.29, 1.82) is 0 Å². The molecule has 0 aliphatic carbocycles. The molecule has 6 heteroatoms. The first-order chi connectivity index (χ1) is 9.15. The molecule has 3 aromatic heterocycles. The van der Waals surface area contributed by atoms with Crippen molar-refractivity contribution in [2.75, 3.05) is 0 Å². The van der Waals surface area contributed by atoms with E-state index in [1.54, 1.807) is 18.6 Å². The monoisotopic (exact) mass is 253 g/mol. The number of hydrogen-bond donors (Lipinski definition) is 1. The van der Waals surface area contributed by atoms with Crippen LogP contribution < -0.4 is 5.73 Å². The summed E-state index contributed by atoms with van der Waals surface area (Å²) < 4.78 is 1.12. The molecule has 3 aromatic rings. The molecule has 0 unspecified atom stereocenters. The maximum atomic E-state index is 11.2. The van der Waals surface area contributed by atoms with E-state index in [9.17, 15) is 4.79 Å². The van der Waals surface area contributed by atoms with Crippen LogP contribution in [0.2, 0.25) is 0 Å². The number of amides is 1. The van der Waals surface area contributed by atoms with E-state index >= 15 is 0 Å². The Balaban J connectivity index is 2.12. The van der Waals surface area contributed by atoms with E-state index in [1.807, 2.05) is 25.1 Å². The summed E-state index contributed by atoms with van der Waals surface area (Å²) in [5.74, 6) is 0. The molecular weight excluding hydrogens is 242 g/mol. The lowest BCUT2D eigenvalue weighted by atomic mass is 10.1. The van der Waals surface area contributed by atoms with Crippen LogP contribution >= 0.6 is 0 Å². The lowest BCUT2D eigenvalue weighted by Crippen LogP contribution is -2.20. The van der Waals surface area contributed by atoms with Crippen LogP contribution in [0.5, 0.6) is 0 Å². The van der Waals surface area contributed by atoms with Gasteiger partial charge in [0.2, 0.25) is 0 Å². The molecule has 94 valence electrons. The lowest BCUT2D eigenvalue weighted by Gasteiger charge is -2.01. The van der Waals surface area contributed by atoms with Crippen LogP contribution in [0.25, 0.3) is 22.2 Å². The minimum atomic E-state index is -0.624. The van der Waals surface area contributed by atoms with Gasteiger partial charge < -0.3 is 5.73 Å². The smallest absolute Gasteiger partial charge is 0.340 e. The van der Waals surface area contributed by atoms with E-state index in [0.29, 0.717) is 5.52 Å². The van der Waals surface area contributed by atoms with Gasteiger partial charge in [0.15, 0.2) is 0 Å². The molecular formula is C13H11N5O. The summed E-state index contributed by atoms with van der Waals surface area (Å²) in [7, 11) is 0. The van der Waals surface area contributed by atoms with Crippen molar-refractivity contribution >= 4 is 16.9 Å². The number of nitrogens with two attached hydrogens (primary N) is 1. The molecule has 0 saturated heterocycles. The van der Waals surface area contributed by atoms with E-state index in [-0.39, 0.29) is 0 Å². The number of rotatable bonds is 1. The SMILES string of the molecule is Cc1ccc(-c2cc3cnn(C(N)=O)c3cn2)cn1. The fourth-order valence-corrected chi connectivity index (χ4v) is 1.88. The molecule has 6 nitrogen and oxygen atoms in total. The third-order valence-electron chi connectivity index (χ3n) is 2.87. The minimum absolute atomic E-state index is 0.594. The molecule has 0 radical (unpaired) electrons. The minimum Gasteiger partial charge on any atom is -0.350 e. The molecule has 3 rings (SSSR count). The van der Waals surface area contributed by atoms with E-state index in [4.69, 9.17) is 5.73 Å². The van der Waals surface area contributed by atoms with Gasteiger partial charge in [-0.3, -0.25) is 9.97 Å². The molecule has 0 spiro atoms. The van der Waals surface area contributed by atoms with E-state index < -0.39 is 6.03 Å². The van der Waals surface area contributed by atoms with Crippen LogP contribution in [0, 0.1) is 6.92 Å². The molecule has 0 fully saturated rings. The van der Waals surface area contributed by atoms with Crippen molar-refractivity contribution in [3.63, 3.8) is 0 Å². The summed E-state index contributed by atoms with van der Waals surface area (Å²) in [5, 5.41) is 4.74. The number of carbonyl (C=O) groups is 1. The summed E-state index contributed by atoms with van der Waals surface area (Å²) in [6, 6.07) is 5.11. The third kappa shape index (κ3) is 1.93. The first-order valence-electron chi connectivity index (χ1n) is 5.72. The topological polar surface area (TPSA) is 86.7 Å². The highest BCUT2D eigenvalue weighted by Crippen LogP contribution is 2.21. The highest BCUT2D eigenvalue weighted by atomic mass is 16.2. The average Bonchev–Trinajstić information content (AvgIpc) is 2.82. The van der Waals surface area contributed by atoms with Crippen LogP contribution in [-0.2, 0) is 0 Å². The van der Waals surface area contributed by atoms with Crippen molar-refractivity contribution in [2.45, 2.75) is 6.92 Å². The predicted octanol–water partition coefficient (Wildman–Crippen LogP) is 1.73. The quantitative estimate of drug-likeness (QED) is 0.715. The second-order valence-corrected chi connectivity index (χ2v) is 4.21. The van der Waals surface area contributed by atoms with Gasteiger partial charge in [-0.2, -0.15) is 9.78 Å². The zero-order valence-corrected chi connectivity index (χ0v) is 10.2. The van der Waals surface area contributed by atoms with Gasteiger partial charge in [0.25, 0.3) is 0 Å². The third-order valence-corrected chi connectivity index (χ3v) is 2.87. The lowest BCUT2D eigenvalue weighted by molar-refractivity contribution is 0.248. The molecule has 3 heterocycles. The van der Waals surface area contributed by atoms with Crippen LogP contribution in [0.1, 0.15) is 5.69 Å². The second kappa shape index (κ2) is 4.16. The Hall–Kier alpha value is -2.76. The fraction of sp³-hybridized carbons (Fsp3) is 0.0769. The summed E-state index contributed by atoms with van der Waals surface area (Å²) in [6.45, 7) is 1.93. The Bertz CT molecular complexity index is 760. The van der Waals surface area contributed by atoms with E-state index in [0.717, 1.165) is 27.0 Å². The van der Waals surface area contributed by atoms with E-state index in [1.165, 1.54) is 0 Å². The van der Waals surface area contributed by atoms with Gasteiger partial charge in [-0.15, -0.1) is 0 Å². The van der Waals surface area contributed by atoms with Crippen molar-refractivity contribution in [2.24, 2.45) is 5.73 Å². The van der Waals surface area contributed by atoms with Crippen LogP contribution in [0.15, 0.2) is 36.8 Å². The summed E-state index contributed by atoms with van der Waals surface area (Å²) in [5.41, 5.74) is 8.46. The molecule has 0 aliphatic heterocycles. The Morgan fingerprint density at radius 2 is 2.05 bits per heavy atom. The molecule has 0 aromatic carbocycles. The summed E-state index contributed by atoms with van der Waals surface area (Å²) >= 11 is 0. The van der Waals surface area contributed by atoms with Crippen LogP contribution in [0.4, 0.5) is 4.79 Å². The van der Waals surface area contributed by atoms with Crippen LogP contribution in [-0.4, -0.2) is 25.8 Å². The van der Waals surface area contributed by atoms with Gasteiger partial charge in [-0.05, 0) is 25.1 Å². The van der Waals surface area contributed by atoms with Crippen molar-refractivity contribution in [1.82, 2.24) is 19.7 Å². The maximum Gasteiger partial charge on any atom is 0.340 e. The molecule has 0 bridgehead atoms. The molecule has 0 atom stereocenters. The van der Waals surface area contributed by atoms with Gasteiger partial charge in [0.1, 0.15) is 0 Å². The second-order valence-electron chi connectivity index (χ2n) is 4.21. The molecule has 0 aliphatic rings. The summed E-state index contributed by atoms with van der Waals surface area (Å²) in [4.78, 5) is 19.7. The van der Waals surface area contributed by atoms with Crippen molar-refractivity contribution < 1.29 is 4.79 Å². The molecule has 19 heavy (non-hydrogen) atoms. The number of carbonyl (C=O) groups excluding carboxylic acids is 1. The first kappa shape index (κ1) is 11.3. The number of nitrogens with zero attached hydrogens (tertiary/aromatic N) is 4. The Morgan fingerprint density at radius 3 is 2.74 bits per heavy atom. The fourth-order valence-electron chi connectivity index (χ4n) is 1.88. The van der Waals surface area contributed by atoms with E-state index in [2.05, 4.69) is 15.1 Å². The zero-order valence-electron chi connectivity index (χ0n) is 10.2. The Kier molecular flexibility index (Phi) is 2.49. The zero-order chi connectivity index (χ0) is 13.4. The van der Waals surface area contributed by atoms with Gasteiger partial charge in [-0.1, -0.05) is 0 Å². The Labute approximate surface area is 108 Å². The number of aromatic nitrogens is 4. The molecule has 0 saturated carbocycles. The number of fused-ring (bicyclic) bond motifs is 1. The number of hydrogen-bond acceptors (Lipinski definition) is 4. The number of pyridine rings is 2. The average molecular weight is 253 g/mol. The standard InChI is InChI=1S/C13H11N5O/c1-8-2-3-9(5-15-8)11-4-10-6-17-18(13(14)19)12(10)7-16-11/h2-7H,1H3,(H2,14,19). The molecule has 2 N–H and O–H groups in total. The summed E-state index contributed by atoms with van der Waals surface area (Å²) in [6.07, 6.45) is 4.94. The van der Waals surface area contributed by atoms with Gasteiger partial charge in [0.05, 0.1) is 23.6 Å². The van der Waals surface area contributed by atoms with Gasteiger partial charge in [-0.25, -0.2) is 4.79 Å². The van der Waals surface area contributed by atoms with Crippen molar-refractivity contribution in [3.8, 4) is 11.3 Å². The highest BCUT2D eigenvalue weighted by molar-refractivity contribution is 5.90. The number of aryl methyl sites for hydroxylation is 1.